The predicted molar refractivity (Wildman–Crippen MR) is 76.8 cm³/mol. The summed E-state index contributed by atoms with van der Waals surface area (Å²) in [5, 5.41) is 0. The smallest absolute Gasteiger partial charge is 0.166 e. The van der Waals surface area contributed by atoms with Gasteiger partial charge in [-0.2, -0.15) is 0 Å². The molecule has 3 nitrogen and oxygen atoms in total. The van der Waals surface area contributed by atoms with Gasteiger partial charge in [0.05, 0.1) is 12.7 Å². The molecular formula is C15H12BrFO3. The van der Waals surface area contributed by atoms with Crippen molar-refractivity contribution in [2.75, 3.05) is 7.11 Å². The van der Waals surface area contributed by atoms with Crippen molar-refractivity contribution >= 4 is 22.2 Å². The quantitative estimate of drug-likeness (QED) is 0.773. The molecular weight excluding hydrogens is 327 g/mol. The van der Waals surface area contributed by atoms with Crippen LogP contribution in [0.5, 0.6) is 11.5 Å². The Morgan fingerprint density at radius 3 is 2.55 bits per heavy atom. The van der Waals surface area contributed by atoms with Crippen molar-refractivity contribution in [3.05, 3.63) is 57.8 Å². The fourth-order valence-corrected chi connectivity index (χ4v) is 2.14. The maximum Gasteiger partial charge on any atom is 0.166 e. The second kappa shape index (κ2) is 6.52. The van der Waals surface area contributed by atoms with Crippen molar-refractivity contribution < 1.29 is 18.7 Å². The molecule has 0 aliphatic rings. The summed E-state index contributed by atoms with van der Waals surface area (Å²) in [6, 6.07) is 9.98. The van der Waals surface area contributed by atoms with Gasteiger partial charge in [0.2, 0.25) is 0 Å². The first-order chi connectivity index (χ1) is 9.63. The van der Waals surface area contributed by atoms with Crippen LogP contribution in [-0.2, 0) is 6.61 Å². The van der Waals surface area contributed by atoms with Crippen molar-refractivity contribution in [2.45, 2.75) is 6.61 Å². The molecule has 0 spiro atoms. The molecule has 104 valence electrons. The number of hydrogen-bond donors (Lipinski definition) is 0. The number of ether oxygens (including phenoxy) is 2. The molecule has 0 aliphatic heterocycles. The van der Waals surface area contributed by atoms with E-state index in [9.17, 15) is 9.18 Å². The van der Waals surface area contributed by atoms with Crippen molar-refractivity contribution in [1.29, 1.82) is 0 Å². The third kappa shape index (κ3) is 3.36. The second-order valence-electron chi connectivity index (χ2n) is 4.06. The lowest BCUT2D eigenvalue weighted by Crippen LogP contribution is -2.01. The lowest BCUT2D eigenvalue weighted by molar-refractivity contribution is 0.111. The Labute approximate surface area is 124 Å². The van der Waals surface area contributed by atoms with Crippen LogP contribution in [0.15, 0.2) is 40.9 Å². The van der Waals surface area contributed by atoms with E-state index in [0.29, 0.717) is 10.8 Å². The SMILES string of the molecule is COc1ccc(COc2c(F)cc(Br)cc2C=O)cc1. The van der Waals surface area contributed by atoms with Gasteiger partial charge in [0, 0.05) is 4.47 Å². The van der Waals surface area contributed by atoms with Gasteiger partial charge in [0.1, 0.15) is 12.4 Å². The van der Waals surface area contributed by atoms with E-state index in [0.717, 1.165) is 11.3 Å². The highest BCUT2D eigenvalue weighted by molar-refractivity contribution is 9.10. The number of carbonyl (C=O) groups excluding carboxylic acids is 1. The first-order valence-corrected chi connectivity index (χ1v) is 6.63. The van der Waals surface area contributed by atoms with Gasteiger partial charge in [0.15, 0.2) is 17.9 Å². The summed E-state index contributed by atoms with van der Waals surface area (Å²) < 4.78 is 24.7. The molecule has 2 rings (SSSR count). The van der Waals surface area contributed by atoms with Gasteiger partial charge in [-0.15, -0.1) is 0 Å². The summed E-state index contributed by atoms with van der Waals surface area (Å²) in [7, 11) is 1.58. The van der Waals surface area contributed by atoms with Crippen LogP contribution in [0.1, 0.15) is 15.9 Å². The Kier molecular flexibility index (Phi) is 4.74. The number of rotatable bonds is 5. The number of benzene rings is 2. The molecule has 0 N–H and O–H groups in total. The summed E-state index contributed by atoms with van der Waals surface area (Å²) in [5.41, 5.74) is 1.02. The highest BCUT2D eigenvalue weighted by atomic mass is 79.9. The molecule has 0 aromatic heterocycles. The minimum atomic E-state index is -0.574. The number of halogens is 2. The fraction of sp³-hybridized carbons (Fsp3) is 0.133. The van der Waals surface area contributed by atoms with Gasteiger partial charge in [-0.05, 0) is 29.8 Å². The minimum Gasteiger partial charge on any atom is -0.497 e. The summed E-state index contributed by atoms with van der Waals surface area (Å²) >= 11 is 3.13. The number of carbonyl (C=O) groups is 1. The van der Waals surface area contributed by atoms with E-state index in [1.807, 2.05) is 12.1 Å². The van der Waals surface area contributed by atoms with Crippen molar-refractivity contribution in [3.63, 3.8) is 0 Å². The zero-order valence-corrected chi connectivity index (χ0v) is 12.3. The molecule has 0 saturated carbocycles. The van der Waals surface area contributed by atoms with Crippen molar-refractivity contribution in [1.82, 2.24) is 0 Å². The Bertz CT molecular complexity index is 611. The van der Waals surface area contributed by atoms with Crippen molar-refractivity contribution in [3.8, 4) is 11.5 Å². The molecule has 0 saturated heterocycles. The Morgan fingerprint density at radius 2 is 1.95 bits per heavy atom. The van der Waals surface area contributed by atoms with E-state index in [1.165, 1.54) is 12.1 Å². The Hall–Kier alpha value is -1.88. The molecule has 0 amide bonds. The van der Waals surface area contributed by atoms with E-state index < -0.39 is 5.82 Å². The molecule has 0 atom stereocenters. The third-order valence-corrected chi connectivity index (χ3v) is 3.16. The molecule has 0 heterocycles. The van der Waals surface area contributed by atoms with Gasteiger partial charge in [0.25, 0.3) is 0 Å². The van der Waals surface area contributed by atoms with Crippen molar-refractivity contribution in [2.24, 2.45) is 0 Å². The summed E-state index contributed by atoms with van der Waals surface area (Å²) in [6.07, 6.45) is 0.567. The number of aldehydes is 1. The molecule has 0 aliphatic carbocycles. The Balaban J connectivity index is 2.15. The molecule has 2 aromatic carbocycles. The zero-order valence-electron chi connectivity index (χ0n) is 10.7. The number of methoxy groups -OCH3 is 1. The largest absolute Gasteiger partial charge is 0.497 e. The number of hydrogen-bond acceptors (Lipinski definition) is 3. The fourth-order valence-electron chi connectivity index (χ4n) is 1.70. The van der Waals surface area contributed by atoms with Crippen LogP contribution < -0.4 is 9.47 Å². The van der Waals surface area contributed by atoms with Gasteiger partial charge in [-0.25, -0.2) is 4.39 Å². The van der Waals surface area contributed by atoms with E-state index in [2.05, 4.69) is 15.9 Å². The van der Waals surface area contributed by atoms with E-state index in [-0.39, 0.29) is 17.9 Å². The molecule has 5 heteroatoms. The predicted octanol–water partition coefficient (Wildman–Crippen LogP) is 3.99. The molecule has 0 radical (unpaired) electrons. The summed E-state index contributed by atoms with van der Waals surface area (Å²) in [5.74, 6) is 0.117. The van der Waals surface area contributed by atoms with Gasteiger partial charge < -0.3 is 9.47 Å². The van der Waals surface area contributed by atoms with Crippen LogP contribution in [0.25, 0.3) is 0 Å². The van der Waals surface area contributed by atoms with E-state index >= 15 is 0 Å². The molecule has 0 bridgehead atoms. The van der Waals surface area contributed by atoms with Crippen LogP contribution in [0.4, 0.5) is 4.39 Å². The van der Waals surface area contributed by atoms with Crippen LogP contribution in [-0.4, -0.2) is 13.4 Å². The first kappa shape index (κ1) is 14.5. The van der Waals surface area contributed by atoms with E-state index in [4.69, 9.17) is 9.47 Å². The summed E-state index contributed by atoms with van der Waals surface area (Å²) in [6.45, 7) is 0.170. The standard InChI is InChI=1S/C15H12BrFO3/c1-19-13-4-2-10(3-5-13)9-20-15-11(8-18)6-12(16)7-14(15)17/h2-8H,9H2,1H3. The normalized spacial score (nSPS) is 10.2. The van der Waals surface area contributed by atoms with Gasteiger partial charge >= 0.3 is 0 Å². The molecule has 0 fully saturated rings. The lowest BCUT2D eigenvalue weighted by atomic mass is 10.2. The summed E-state index contributed by atoms with van der Waals surface area (Å²) in [4.78, 5) is 10.9. The Morgan fingerprint density at radius 1 is 1.25 bits per heavy atom. The highest BCUT2D eigenvalue weighted by Gasteiger charge is 2.11. The first-order valence-electron chi connectivity index (χ1n) is 5.84. The van der Waals surface area contributed by atoms with Crippen LogP contribution in [0.3, 0.4) is 0 Å². The maximum absolute atomic E-state index is 13.8. The third-order valence-electron chi connectivity index (χ3n) is 2.71. The van der Waals surface area contributed by atoms with Gasteiger partial charge in [-0.1, -0.05) is 28.1 Å². The topological polar surface area (TPSA) is 35.5 Å². The second-order valence-corrected chi connectivity index (χ2v) is 4.98. The van der Waals surface area contributed by atoms with Crippen LogP contribution >= 0.6 is 15.9 Å². The molecule has 2 aromatic rings. The van der Waals surface area contributed by atoms with E-state index in [1.54, 1.807) is 19.2 Å². The minimum absolute atomic E-state index is 0.0426. The average Bonchev–Trinajstić information content (AvgIpc) is 2.46. The molecule has 0 unspecified atom stereocenters. The maximum atomic E-state index is 13.8. The zero-order chi connectivity index (χ0) is 14.5. The molecule has 20 heavy (non-hydrogen) atoms. The average molecular weight is 339 g/mol. The monoisotopic (exact) mass is 338 g/mol. The lowest BCUT2D eigenvalue weighted by Gasteiger charge is -2.10. The van der Waals surface area contributed by atoms with Gasteiger partial charge in [-0.3, -0.25) is 4.79 Å². The van der Waals surface area contributed by atoms with Crippen LogP contribution in [0.2, 0.25) is 0 Å². The highest BCUT2D eigenvalue weighted by Crippen LogP contribution is 2.27. The van der Waals surface area contributed by atoms with Crippen LogP contribution in [0, 0.1) is 5.82 Å².